The van der Waals surface area contributed by atoms with Crippen molar-refractivity contribution in [3.63, 3.8) is 0 Å². The highest BCUT2D eigenvalue weighted by Gasteiger charge is 2.32. The number of aromatic amines is 1. The van der Waals surface area contributed by atoms with Gasteiger partial charge in [-0.15, -0.1) is 0 Å². The number of hydrogen-bond acceptors (Lipinski definition) is 5. The Morgan fingerprint density at radius 2 is 1.71 bits per heavy atom. The molecule has 4 rings (SSSR count). The molecule has 8 nitrogen and oxygen atoms in total. The molecule has 2 aliphatic carbocycles. The summed E-state index contributed by atoms with van der Waals surface area (Å²) in [7, 11) is 0. The Morgan fingerprint density at radius 1 is 1.00 bits per heavy atom. The summed E-state index contributed by atoms with van der Waals surface area (Å²) in [6.45, 7) is 5.93. The Hall–Kier alpha value is -1.96. The number of aryl methyl sites for hydroxylation is 1. The molecule has 1 aromatic rings. The summed E-state index contributed by atoms with van der Waals surface area (Å²) >= 11 is 0. The Balaban J connectivity index is 1.14. The quantitative estimate of drug-likeness (QED) is 0.723. The summed E-state index contributed by atoms with van der Waals surface area (Å²) in [6, 6.07) is 0.252. The average molecular weight is 431 g/mol. The first-order valence-corrected chi connectivity index (χ1v) is 12.2. The molecule has 3 aliphatic rings. The molecule has 2 saturated carbocycles. The maximum atomic E-state index is 13.0. The first kappa shape index (κ1) is 22.2. The van der Waals surface area contributed by atoms with Gasteiger partial charge in [-0.05, 0) is 51.4 Å². The van der Waals surface area contributed by atoms with E-state index in [1.807, 2.05) is 11.8 Å². The van der Waals surface area contributed by atoms with Gasteiger partial charge in [0.15, 0.2) is 5.82 Å². The third kappa shape index (κ3) is 6.28. The summed E-state index contributed by atoms with van der Waals surface area (Å²) in [4.78, 5) is 34.1. The Bertz CT molecular complexity index is 728. The third-order valence-electron chi connectivity index (χ3n) is 7.33. The van der Waals surface area contributed by atoms with Crippen LogP contribution in [0.15, 0.2) is 0 Å². The second-order valence-electron chi connectivity index (χ2n) is 9.76. The van der Waals surface area contributed by atoms with Crippen molar-refractivity contribution in [2.45, 2.75) is 83.7 Å². The zero-order valence-electron chi connectivity index (χ0n) is 18.9. The van der Waals surface area contributed by atoms with Crippen LogP contribution < -0.4 is 5.32 Å². The van der Waals surface area contributed by atoms with E-state index >= 15 is 0 Å². The molecule has 0 bridgehead atoms. The second-order valence-corrected chi connectivity index (χ2v) is 9.76. The molecule has 2 amide bonds. The van der Waals surface area contributed by atoms with Gasteiger partial charge in [0.25, 0.3) is 0 Å². The number of aromatic nitrogens is 3. The second kappa shape index (κ2) is 10.6. The van der Waals surface area contributed by atoms with Gasteiger partial charge < -0.3 is 10.2 Å². The molecule has 1 aromatic heterocycles. The summed E-state index contributed by atoms with van der Waals surface area (Å²) in [5.74, 6) is 2.89. The molecule has 2 N–H and O–H groups in total. The molecule has 0 radical (unpaired) electrons. The first-order chi connectivity index (χ1) is 15.1. The topological polar surface area (TPSA) is 94.2 Å². The van der Waals surface area contributed by atoms with Crippen LogP contribution in [0.1, 0.15) is 75.9 Å². The number of amides is 2. The zero-order valence-corrected chi connectivity index (χ0v) is 18.9. The van der Waals surface area contributed by atoms with Crippen molar-refractivity contribution in [3.8, 4) is 0 Å². The average Bonchev–Trinajstić information content (AvgIpc) is 3.19. The van der Waals surface area contributed by atoms with Gasteiger partial charge in [-0.2, -0.15) is 5.10 Å². The van der Waals surface area contributed by atoms with E-state index < -0.39 is 0 Å². The van der Waals surface area contributed by atoms with Crippen LogP contribution >= 0.6 is 0 Å². The molecule has 1 aliphatic heterocycles. The number of carbonyl (C=O) groups excluding carboxylic acids is 2. The molecule has 0 unspecified atom stereocenters. The number of carbonyl (C=O) groups is 2. The van der Waals surface area contributed by atoms with Crippen LogP contribution in [0.4, 0.5) is 0 Å². The Labute approximate surface area is 185 Å². The molecule has 172 valence electrons. The fourth-order valence-electron chi connectivity index (χ4n) is 5.47. The summed E-state index contributed by atoms with van der Waals surface area (Å²) in [5.41, 5.74) is 0. The van der Waals surface area contributed by atoms with Gasteiger partial charge in [-0.1, -0.05) is 19.3 Å². The minimum atomic E-state index is 0.119. The molecule has 1 saturated heterocycles. The van der Waals surface area contributed by atoms with Crippen molar-refractivity contribution in [3.05, 3.63) is 11.6 Å². The molecule has 31 heavy (non-hydrogen) atoms. The van der Waals surface area contributed by atoms with E-state index in [2.05, 4.69) is 25.4 Å². The first-order valence-electron chi connectivity index (χ1n) is 12.2. The van der Waals surface area contributed by atoms with E-state index in [1.165, 1.54) is 32.1 Å². The van der Waals surface area contributed by atoms with Gasteiger partial charge in [0, 0.05) is 44.6 Å². The van der Waals surface area contributed by atoms with Crippen LogP contribution in [-0.4, -0.2) is 69.0 Å². The lowest BCUT2D eigenvalue weighted by molar-refractivity contribution is -0.138. The lowest BCUT2D eigenvalue weighted by Crippen LogP contribution is -2.51. The van der Waals surface area contributed by atoms with Gasteiger partial charge in [-0.25, -0.2) is 4.98 Å². The molecule has 0 aromatic carbocycles. The maximum Gasteiger partial charge on any atom is 0.225 e. The van der Waals surface area contributed by atoms with E-state index in [-0.39, 0.29) is 17.9 Å². The van der Waals surface area contributed by atoms with E-state index in [4.69, 9.17) is 0 Å². The van der Waals surface area contributed by atoms with Crippen LogP contribution in [0, 0.1) is 18.8 Å². The van der Waals surface area contributed by atoms with Gasteiger partial charge in [-0.3, -0.25) is 19.6 Å². The summed E-state index contributed by atoms with van der Waals surface area (Å²) in [5, 5.41) is 10.3. The van der Waals surface area contributed by atoms with Crippen molar-refractivity contribution in [1.29, 1.82) is 0 Å². The largest absolute Gasteiger partial charge is 0.353 e. The molecular formula is C23H38N6O2. The standard InChI is InChI=1S/C23H38N6O2/c1-17-24-21(27-26-17)16-28-11-13-29(14-12-28)23(31)19-7-9-20(10-8-19)25-22(30)15-18-5-3-2-4-6-18/h18-20H,2-16H2,1H3,(H,25,30)(H,24,26,27). The molecule has 0 spiro atoms. The van der Waals surface area contributed by atoms with Crippen molar-refractivity contribution in [2.75, 3.05) is 26.2 Å². The smallest absolute Gasteiger partial charge is 0.225 e. The van der Waals surface area contributed by atoms with Gasteiger partial charge in [0.05, 0.1) is 6.54 Å². The molecule has 0 atom stereocenters. The van der Waals surface area contributed by atoms with E-state index in [9.17, 15) is 9.59 Å². The van der Waals surface area contributed by atoms with Gasteiger partial charge >= 0.3 is 0 Å². The lowest BCUT2D eigenvalue weighted by Gasteiger charge is -2.37. The highest BCUT2D eigenvalue weighted by molar-refractivity contribution is 5.79. The van der Waals surface area contributed by atoms with E-state index in [1.54, 1.807) is 0 Å². The van der Waals surface area contributed by atoms with Gasteiger partial charge in [0.1, 0.15) is 5.82 Å². The number of H-pyrrole nitrogens is 1. The highest BCUT2D eigenvalue weighted by Crippen LogP contribution is 2.28. The lowest BCUT2D eigenvalue weighted by atomic mass is 9.84. The van der Waals surface area contributed by atoms with Crippen LogP contribution in [0.2, 0.25) is 0 Å². The minimum absolute atomic E-state index is 0.119. The summed E-state index contributed by atoms with van der Waals surface area (Å²) in [6.07, 6.45) is 10.6. The Kier molecular flexibility index (Phi) is 7.58. The Morgan fingerprint density at radius 3 is 2.35 bits per heavy atom. The molecule has 2 heterocycles. The van der Waals surface area contributed by atoms with Crippen molar-refractivity contribution in [2.24, 2.45) is 11.8 Å². The fraction of sp³-hybridized carbons (Fsp3) is 0.826. The third-order valence-corrected chi connectivity index (χ3v) is 7.33. The number of rotatable bonds is 6. The predicted molar refractivity (Wildman–Crippen MR) is 118 cm³/mol. The van der Waals surface area contributed by atoms with Crippen LogP contribution in [0.25, 0.3) is 0 Å². The van der Waals surface area contributed by atoms with Crippen molar-refractivity contribution < 1.29 is 9.59 Å². The SMILES string of the molecule is Cc1nc(CN2CCN(C(=O)C3CCC(NC(=O)CC4CCCCC4)CC3)CC2)n[nH]1. The number of nitrogens with zero attached hydrogens (tertiary/aromatic N) is 4. The maximum absolute atomic E-state index is 13.0. The normalized spacial score (nSPS) is 26.0. The molecule has 3 fully saturated rings. The number of piperazine rings is 1. The van der Waals surface area contributed by atoms with E-state index in [0.717, 1.165) is 70.1 Å². The molecule has 8 heteroatoms. The van der Waals surface area contributed by atoms with Crippen LogP contribution in [-0.2, 0) is 16.1 Å². The van der Waals surface area contributed by atoms with Crippen LogP contribution in [0.5, 0.6) is 0 Å². The van der Waals surface area contributed by atoms with Gasteiger partial charge in [0.2, 0.25) is 11.8 Å². The van der Waals surface area contributed by atoms with Crippen molar-refractivity contribution in [1.82, 2.24) is 30.3 Å². The minimum Gasteiger partial charge on any atom is -0.353 e. The molecular weight excluding hydrogens is 392 g/mol. The fourth-order valence-corrected chi connectivity index (χ4v) is 5.47. The number of hydrogen-bond donors (Lipinski definition) is 2. The highest BCUT2D eigenvalue weighted by atomic mass is 16.2. The zero-order chi connectivity index (χ0) is 21.6. The number of nitrogens with one attached hydrogen (secondary N) is 2. The summed E-state index contributed by atoms with van der Waals surface area (Å²) < 4.78 is 0. The van der Waals surface area contributed by atoms with E-state index in [0.29, 0.717) is 18.2 Å². The van der Waals surface area contributed by atoms with Crippen LogP contribution in [0.3, 0.4) is 0 Å². The predicted octanol–water partition coefficient (Wildman–Crippen LogP) is 2.40. The van der Waals surface area contributed by atoms with Crippen molar-refractivity contribution >= 4 is 11.8 Å². The monoisotopic (exact) mass is 430 g/mol.